The monoisotopic (exact) mass is 552 g/mol. The Hall–Kier alpha value is -3.07. The van der Waals surface area contributed by atoms with Crippen molar-refractivity contribution in [2.45, 2.75) is 18.7 Å². The number of carbonyl (C=O) groups excluding carboxylic acids is 2. The number of hydrogen-bond acceptors (Lipinski definition) is 4. The highest BCUT2D eigenvalue weighted by Gasteiger charge is 2.36. The standard InChI is InChI=1S/C27H25BrN2O4S/c1-18-7-13-22(14-8-18)35(33,34)30-16-15-23(20-9-11-21(28)12-10-20)25(17-30)27(32)24-5-3-4-6-26(24)29-19(2)31/h3-15,25H,16-17H2,1-2H3,(H,29,31)/t25-/m0/s1. The van der Waals surface area contributed by atoms with Gasteiger partial charge in [0.25, 0.3) is 0 Å². The number of hydrogen-bond donors (Lipinski definition) is 1. The lowest BCUT2D eigenvalue weighted by atomic mass is 9.84. The predicted molar refractivity (Wildman–Crippen MR) is 141 cm³/mol. The lowest BCUT2D eigenvalue weighted by molar-refractivity contribution is -0.114. The van der Waals surface area contributed by atoms with Gasteiger partial charge < -0.3 is 5.32 Å². The van der Waals surface area contributed by atoms with Crippen LogP contribution in [-0.4, -0.2) is 37.5 Å². The average Bonchev–Trinajstić information content (AvgIpc) is 2.84. The summed E-state index contributed by atoms with van der Waals surface area (Å²) in [5.41, 5.74) is 3.30. The minimum atomic E-state index is -3.81. The molecule has 3 aromatic rings. The molecule has 0 bridgehead atoms. The molecule has 1 atom stereocenters. The predicted octanol–water partition coefficient (Wildman–Crippen LogP) is 5.30. The van der Waals surface area contributed by atoms with E-state index in [1.54, 1.807) is 48.5 Å². The maximum atomic E-state index is 13.9. The summed E-state index contributed by atoms with van der Waals surface area (Å²) in [6.45, 7) is 3.42. The van der Waals surface area contributed by atoms with Crippen molar-refractivity contribution in [1.82, 2.24) is 4.31 Å². The van der Waals surface area contributed by atoms with Crippen LogP contribution in [0.1, 0.15) is 28.4 Å². The Balaban J connectivity index is 1.77. The zero-order chi connectivity index (χ0) is 25.2. The first-order valence-electron chi connectivity index (χ1n) is 11.1. The fourth-order valence-electron chi connectivity index (χ4n) is 4.14. The Labute approximate surface area is 213 Å². The Morgan fingerprint density at radius 3 is 2.29 bits per heavy atom. The topological polar surface area (TPSA) is 83.6 Å². The molecule has 35 heavy (non-hydrogen) atoms. The first-order valence-corrected chi connectivity index (χ1v) is 13.3. The molecule has 0 spiro atoms. The number of anilines is 1. The van der Waals surface area contributed by atoms with Gasteiger partial charge in [-0.15, -0.1) is 0 Å². The Morgan fingerprint density at radius 1 is 0.971 bits per heavy atom. The smallest absolute Gasteiger partial charge is 0.243 e. The van der Waals surface area contributed by atoms with Crippen LogP contribution >= 0.6 is 15.9 Å². The van der Waals surface area contributed by atoms with Gasteiger partial charge in [0, 0.05) is 30.0 Å². The number of sulfonamides is 1. The Bertz CT molecular complexity index is 1400. The van der Waals surface area contributed by atoms with Crippen LogP contribution in [0.2, 0.25) is 0 Å². The van der Waals surface area contributed by atoms with Crippen LogP contribution in [-0.2, 0) is 14.8 Å². The molecule has 0 aromatic heterocycles. The first-order chi connectivity index (χ1) is 16.7. The van der Waals surface area contributed by atoms with E-state index in [-0.39, 0.29) is 29.7 Å². The summed E-state index contributed by atoms with van der Waals surface area (Å²) in [4.78, 5) is 25.8. The van der Waals surface area contributed by atoms with Gasteiger partial charge in [-0.05, 0) is 54.5 Å². The van der Waals surface area contributed by atoms with E-state index in [4.69, 9.17) is 0 Å². The van der Waals surface area contributed by atoms with Crippen molar-refractivity contribution in [1.29, 1.82) is 0 Å². The summed E-state index contributed by atoms with van der Waals surface area (Å²) < 4.78 is 29.1. The average molecular weight is 553 g/mol. The second kappa shape index (κ2) is 10.3. The van der Waals surface area contributed by atoms with Gasteiger partial charge in [-0.25, -0.2) is 8.42 Å². The van der Waals surface area contributed by atoms with Crippen LogP contribution in [0.4, 0.5) is 5.69 Å². The third kappa shape index (κ3) is 5.45. The highest BCUT2D eigenvalue weighted by molar-refractivity contribution is 9.10. The second-order valence-electron chi connectivity index (χ2n) is 8.45. The van der Waals surface area contributed by atoms with E-state index in [1.165, 1.54) is 11.2 Å². The van der Waals surface area contributed by atoms with Crippen LogP contribution in [0, 0.1) is 12.8 Å². The molecule has 0 saturated carbocycles. The SMILES string of the molecule is CC(=O)Nc1ccccc1C(=O)[C@H]1CN(S(=O)(=O)c2ccc(C)cc2)CC=C1c1ccc(Br)cc1. The van der Waals surface area contributed by atoms with Gasteiger partial charge in [-0.3, -0.25) is 9.59 Å². The molecule has 1 aliphatic rings. The van der Waals surface area contributed by atoms with E-state index in [0.717, 1.165) is 21.2 Å². The van der Waals surface area contributed by atoms with Gasteiger partial charge in [0.2, 0.25) is 15.9 Å². The maximum Gasteiger partial charge on any atom is 0.243 e. The highest BCUT2D eigenvalue weighted by Crippen LogP contribution is 2.35. The normalized spacial score (nSPS) is 16.4. The molecule has 180 valence electrons. The van der Waals surface area contributed by atoms with Crippen molar-refractivity contribution in [3.05, 3.63) is 100 Å². The number of rotatable bonds is 6. The number of halogens is 1. The van der Waals surface area contributed by atoms with E-state index >= 15 is 0 Å². The van der Waals surface area contributed by atoms with Gasteiger partial charge in [-0.1, -0.05) is 64.0 Å². The number of nitrogens with zero attached hydrogens (tertiary/aromatic N) is 1. The molecule has 0 aliphatic carbocycles. The number of Topliss-reactive ketones (excluding diaryl/α,β-unsaturated/α-hetero) is 1. The number of para-hydroxylation sites is 1. The lowest BCUT2D eigenvalue weighted by Gasteiger charge is -2.32. The van der Waals surface area contributed by atoms with E-state index in [1.807, 2.05) is 37.3 Å². The van der Waals surface area contributed by atoms with Gasteiger partial charge in [0.1, 0.15) is 0 Å². The molecule has 0 radical (unpaired) electrons. The fourth-order valence-corrected chi connectivity index (χ4v) is 5.80. The van der Waals surface area contributed by atoms with Crippen LogP contribution in [0.15, 0.2) is 88.2 Å². The Kier molecular flexibility index (Phi) is 7.35. The van der Waals surface area contributed by atoms with Crippen molar-refractivity contribution in [2.75, 3.05) is 18.4 Å². The minimum Gasteiger partial charge on any atom is -0.326 e. The fraction of sp³-hybridized carbons (Fsp3) is 0.185. The van der Waals surface area contributed by atoms with Crippen molar-refractivity contribution in [3.8, 4) is 0 Å². The molecule has 4 rings (SSSR count). The minimum absolute atomic E-state index is 0.00859. The molecule has 8 heteroatoms. The maximum absolute atomic E-state index is 13.9. The molecule has 0 fully saturated rings. The summed E-state index contributed by atoms with van der Waals surface area (Å²) in [6, 6.07) is 21.0. The molecule has 1 heterocycles. The lowest BCUT2D eigenvalue weighted by Crippen LogP contribution is -2.41. The van der Waals surface area contributed by atoms with E-state index in [2.05, 4.69) is 21.2 Å². The quantitative estimate of drug-likeness (QED) is 0.420. The van der Waals surface area contributed by atoms with Crippen LogP contribution in [0.3, 0.4) is 0 Å². The molecule has 3 aromatic carbocycles. The van der Waals surface area contributed by atoms with E-state index in [0.29, 0.717) is 11.3 Å². The van der Waals surface area contributed by atoms with Crippen LogP contribution in [0.25, 0.3) is 5.57 Å². The van der Waals surface area contributed by atoms with E-state index < -0.39 is 15.9 Å². The molecule has 6 nitrogen and oxygen atoms in total. The van der Waals surface area contributed by atoms with Gasteiger partial charge in [0.15, 0.2) is 5.78 Å². The molecule has 1 aliphatic heterocycles. The van der Waals surface area contributed by atoms with Gasteiger partial charge in [-0.2, -0.15) is 4.31 Å². The number of amides is 1. The van der Waals surface area contributed by atoms with Gasteiger partial charge in [0.05, 0.1) is 16.5 Å². The summed E-state index contributed by atoms with van der Waals surface area (Å²) in [5.74, 6) is -1.30. The number of benzene rings is 3. The van der Waals surface area contributed by atoms with Crippen LogP contribution < -0.4 is 5.32 Å². The molecule has 1 amide bonds. The summed E-state index contributed by atoms with van der Waals surface area (Å²) in [7, 11) is -3.81. The zero-order valence-corrected chi connectivity index (χ0v) is 21.8. The van der Waals surface area contributed by atoms with Crippen molar-refractivity contribution >= 4 is 48.9 Å². The summed E-state index contributed by atoms with van der Waals surface area (Å²) in [6.07, 6.45) is 1.81. The number of ketones is 1. The van der Waals surface area contributed by atoms with Crippen molar-refractivity contribution in [2.24, 2.45) is 5.92 Å². The number of nitrogens with one attached hydrogen (secondary N) is 1. The third-order valence-corrected chi connectivity index (χ3v) is 8.31. The van der Waals surface area contributed by atoms with E-state index in [9.17, 15) is 18.0 Å². The largest absolute Gasteiger partial charge is 0.326 e. The first kappa shape index (κ1) is 25.0. The molecular formula is C27H25BrN2O4S. The summed E-state index contributed by atoms with van der Waals surface area (Å²) >= 11 is 3.44. The number of aryl methyl sites for hydroxylation is 1. The van der Waals surface area contributed by atoms with Crippen molar-refractivity contribution in [3.63, 3.8) is 0 Å². The van der Waals surface area contributed by atoms with Gasteiger partial charge >= 0.3 is 0 Å². The molecule has 0 saturated heterocycles. The molecule has 1 N–H and O–H groups in total. The van der Waals surface area contributed by atoms with Crippen LogP contribution in [0.5, 0.6) is 0 Å². The summed E-state index contributed by atoms with van der Waals surface area (Å²) in [5, 5.41) is 2.71. The second-order valence-corrected chi connectivity index (χ2v) is 11.3. The molecular weight excluding hydrogens is 528 g/mol. The zero-order valence-electron chi connectivity index (χ0n) is 19.4. The van der Waals surface area contributed by atoms with Crippen molar-refractivity contribution < 1.29 is 18.0 Å². The highest BCUT2D eigenvalue weighted by atomic mass is 79.9. The number of carbonyl (C=O) groups is 2. The third-order valence-electron chi connectivity index (χ3n) is 5.93. The molecule has 0 unspecified atom stereocenters. The Morgan fingerprint density at radius 2 is 1.63 bits per heavy atom.